The zero-order valence-corrected chi connectivity index (χ0v) is 11.6. The van der Waals surface area contributed by atoms with E-state index in [0.717, 1.165) is 0 Å². The summed E-state index contributed by atoms with van der Waals surface area (Å²) in [6, 6.07) is 6.64. The SMILES string of the molecule is CCC(C(=O)O)S(=O)(=O)Cc1ccc(C#N)cc1C. The number of hydrogen-bond donors (Lipinski definition) is 1. The fourth-order valence-electron chi connectivity index (χ4n) is 1.83. The number of nitriles is 1. The number of carboxylic acids is 1. The van der Waals surface area contributed by atoms with Crippen molar-refractivity contribution in [2.45, 2.75) is 31.3 Å². The second kappa shape index (κ2) is 5.85. The minimum absolute atomic E-state index is 0.0347. The van der Waals surface area contributed by atoms with Crippen LogP contribution in [0.15, 0.2) is 18.2 Å². The van der Waals surface area contributed by atoms with Gasteiger partial charge >= 0.3 is 5.97 Å². The highest BCUT2D eigenvalue weighted by molar-refractivity contribution is 7.92. The minimum atomic E-state index is -3.75. The van der Waals surface area contributed by atoms with Gasteiger partial charge in [0.15, 0.2) is 15.1 Å². The molecule has 0 bridgehead atoms. The molecule has 0 aliphatic heterocycles. The van der Waals surface area contributed by atoms with E-state index in [-0.39, 0.29) is 12.2 Å². The molecule has 1 N–H and O–H groups in total. The monoisotopic (exact) mass is 281 g/mol. The molecule has 5 nitrogen and oxygen atoms in total. The van der Waals surface area contributed by atoms with Crippen LogP contribution in [0, 0.1) is 18.3 Å². The van der Waals surface area contributed by atoms with Gasteiger partial charge in [-0.15, -0.1) is 0 Å². The van der Waals surface area contributed by atoms with E-state index in [9.17, 15) is 13.2 Å². The van der Waals surface area contributed by atoms with Crippen molar-refractivity contribution in [1.29, 1.82) is 5.26 Å². The molecule has 0 spiro atoms. The third-order valence-electron chi connectivity index (χ3n) is 2.91. The quantitative estimate of drug-likeness (QED) is 0.885. The Balaban J connectivity index is 3.09. The smallest absolute Gasteiger partial charge is 0.321 e. The Bertz CT molecular complexity index is 629. The summed E-state index contributed by atoms with van der Waals surface area (Å²) < 4.78 is 24.1. The Morgan fingerprint density at radius 1 is 1.47 bits per heavy atom. The van der Waals surface area contributed by atoms with E-state index in [1.54, 1.807) is 19.1 Å². The van der Waals surface area contributed by atoms with Crippen molar-refractivity contribution in [3.63, 3.8) is 0 Å². The van der Waals surface area contributed by atoms with Crippen LogP contribution in [0.25, 0.3) is 0 Å². The maximum Gasteiger partial charge on any atom is 0.321 e. The van der Waals surface area contributed by atoms with Crippen molar-refractivity contribution >= 4 is 15.8 Å². The zero-order valence-electron chi connectivity index (χ0n) is 10.8. The number of nitrogens with zero attached hydrogens (tertiary/aromatic N) is 1. The van der Waals surface area contributed by atoms with E-state index in [0.29, 0.717) is 16.7 Å². The first-order valence-corrected chi connectivity index (χ1v) is 7.47. The highest BCUT2D eigenvalue weighted by Gasteiger charge is 2.31. The average molecular weight is 281 g/mol. The summed E-state index contributed by atoms with van der Waals surface area (Å²) >= 11 is 0. The molecule has 0 aromatic heterocycles. The normalized spacial score (nSPS) is 12.7. The van der Waals surface area contributed by atoms with Crippen molar-refractivity contribution in [3.05, 3.63) is 34.9 Å². The summed E-state index contributed by atoms with van der Waals surface area (Å²) in [5.74, 6) is -1.65. The molecule has 0 fully saturated rings. The van der Waals surface area contributed by atoms with E-state index in [1.165, 1.54) is 13.0 Å². The maximum absolute atomic E-state index is 12.0. The number of rotatable bonds is 5. The van der Waals surface area contributed by atoms with Crippen molar-refractivity contribution in [2.24, 2.45) is 0 Å². The van der Waals surface area contributed by atoms with Crippen LogP contribution in [0.1, 0.15) is 30.0 Å². The van der Waals surface area contributed by atoms with Crippen LogP contribution in [0.5, 0.6) is 0 Å². The number of hydrogen-bond acceptors (Lipinski definition) is 4. The number of benzene rings is 1. The van der Waals surface area contributed by atoms with Gasteiger partial charge < -0.3 is 5.11 Å². The standard InChI is InChI=1S/C13H15NO4S/c1-3-12(13(15)16)19(17,18)8-11-5-4-10(7-14)6-9(11)2/h4-6,12H,3,8H2,1-2H3,(H,15,16). The van der Waals surface area contributed by atoms with Crippen LogP contribution >= 0.6 is 0 Å². The molecule has 102 valence electrons. The fraction of sp³-hybridized carbons (Fsp3) is 0.385. The molecular formula is C13H15NO4S. The highest BCUT2D eigenvalue weighted by Crippen LogP contribution is 2.18. The first kappa shape index (κ1) is 15.2. The topological polar surface area (TPSA) is 95.2 Å². The van der Waals surface area contributed by atoms with Crippen LogP contribution in [0.3, 0.4) is 0 Å². The summed E-state index contributed by atoms with van der Waals surface area (Å²) in [6.07, 6.45) is 0.0347. The molecule has 0 aliphatic rings. The molecule has 1 unspecified atom stereocenters. The lowest BCUT2D eigenvalue weighted by atomic mass is 10.1. The third kappa shape index (κ3) is 3.55. The first-order valence-electron chi connectivity index (χ1n) is 5.75. The van der Waals surface area contributed by atoms with Gasteiger partial charge in [0.05, 0.1) is 17.4 Å². The Labute approximate surface area is 112 Å². The van der Waals surface area contributed by atoms with E-state index < -0.39 is 21.1 Å². The number of carbonyl (C=O) groups is 1. The van der Waals surface area contributed by atoms with Gasteiger partial charge in [0.1, 0.15) is 0 Å². The van der Waals surface area contributed by atoms with Crippen LogP contribution in [0.2, 0.25) is 0 Å². The van der Waals surface area contributed by atoms with Gasteiger partial charge in [0.25, 0.3) is 0 Å². The molecule has 1 atom stereocenters. The number of sulfone groups is 1. The van der Waals surface area contributed by atoms with Gasteiger partial charge in [0, 0.05) is 0 Å². The molecule has 1 aromatic carbocycles. The summed E-state index contributed by atoms with van der Waals surface area (Å²) in [7, 11) is -3.75. The van der Waals surface area contributed by atoms with E-state index in [2.05, 4.69) is 0 Å². The second-order valence-electron chi connectivity index (χ2n) is 4.30. The van der Waals surface area contributed by atoms with Crippen LogP contribution in [-0.2, 0) is 20.4 Å². The molecule has 1 rings (SSSR count). The van der Waals surface area contributed by atoms with Gasteiger partial charge in [-0.1, -0.05) is 13.0 Å². The maximum atomic E-state index is 12.0. The fourth-order valence-corrected chi connectivity index (χ4v) is 3.60. The third-order valence-corrected chi connectivity index (χ3v) is 5.02. The van der Waals surface area contributed by atoms with E-state index in [1.807, 2.05) is 6.07 Å². The summed E-state index contributed by atoms with van der Waals surface area (Å²) in [6.45, 7) is 3.23. The minimum Gasteiger partial charge on any atom is -0.480 e. The van der Waals surface area contributed by atoms with Gasteiger partial charge in [-0.05, 0) is 36.6 Å². The number of aliphatic carboxylic acids is 1. The van der Waals surface area contributed by atoms with Crippen molar-refractivity contribution in [1.82, 2.24) is 0 Å². The van der Waals surface area contributed by atoms with Gasteiger partial charge in [0.2, 0.25) is 0 Å². The molecular weight excluding hydrogens is 266 g/mol. The van der Waals surface area contributed by atoms with E-state index in [4.69, 9.17) is 10.4 Å². The lowest BCUT2D eigenvalue weighted by Crippen LogP contribution is -2.30. The Hall–Kier alpha value is -1.87. The lowest BCUT2D eigenvalue weighted by molar-refractivity contribution is -0.136. The van der Waals surface area contributed by atoms with Crippen LogP contribution in [0.4, 0.5) is 0 Å². The predicted octanol–water partition coefficient (Wildman–Crippen LogP) is 1.64. The Morgan fingerprint density at radius 3 is 2.53 bits per heavy atom. The molecule has 0 radical (unpaired) electrons. The Morgan fingerprint density at radius 2 is 2.11 bits per heavy atom. The molecule has 0 saturated heterocycles. The van der Waals surface area contributed by atoms with Crippen molar-refractivity contribution in [3.8, 4) is 6.07 Å². The summed E-state index contributed by atoms with van der Waals surface area (Å²) in [4.78, 5) is 10.9. The van der Waals surface area contributed by atoms with Crippen molar-refractivity contribution in [2.75, 3.05) is 0 Å². The molecule has 19 heavy (non-hydrogen) atoms. The highest BCUT2D eigenvalue weighted by atomic mass is 32.2. The van der Waals surface area contributed by atoms with Gasteiger partial charge in [-0.25, -0.2) is 8.42 Å². The zero-order chi connectivity index (χ0) is 14.6. The molecule has 0 saturated carbocycles. The first-order chi connectivity index (χ1) is 8.81. The number of aryl methyl sites for hydroxylation is 1. The summed E-state index contributed by atoms with van der Waals surface area (Å²) in [5, 5.41) is 16.3. The van der Waals surface area contributed by atoms with Crippen LogP contribution in [-0.4, -0.2) is 24.7 Å². The average Bonchev–Trinajstić information content (AvgIpc) is 2.31. The Kier molecular flexibility index (Phi) is 4.67. The van der Waals surface area contributed by atoms with Crippen molar-refractivity contribution < 1.29 is 18.3 Å². The molecule has 0 heterocycles. The molecule has 1 aromatic rings. The van der Waals surface area contributed by atoms with E-state index >= 15 is 0 Å². The molecule has 0 amide bonds. The molecule has 0 aliphatic carbocycles. The van der Waals surface area contributed by atoms with Gasteiger partial charge in [-0.3, -0.25) is 4.79 Å². The number of carboxylic acid groups (broad SMARTS) is 1. The molecule has 6 heteroatoms. The van der Waals surface area contributed by atoms with Crippen LogP contribution < -0.4 is 0 Å². The summed E-state index contributed by atoms with van der Waals surface area (Å²) in [5.41, 5.74) is 1.64. The predicted molar refractivity (Wildman–Crippen MR) is 70.2 cm³/mol. The lowest BCUT2D eigenvalue weighted by Gasteiger charge is -2.12. The van der Waals surface area contributed by atoms with Gasteiger partial charge in [-0.2, -0.15) is 5.26 Å². The second-order valence-corrected chi connectivity index (χ2v) is 6.48. The largest absolute Gasteiger partial charge is 0.480 e.